The minimum atomic E-state index is -1.11. The molecule has 116 valence electrons. The first kappa shape index (κ1) is 15.4. The van der Waals surface area contributed by atoms with Crippen molar-refractivity contribution in [3.8, 4) is 0 Å². The lowest BCUT2D eigenvalue weighted by Crippen LogP contribution is -2.41. The van der Waals surface area contributed by atoms with Crippen molar-refractivity contribution < 1.29 is 19.1 Å². The first-order valence-electron chi connectivity index (χ1n) is 7.34. The van der Waals surface area contributed by atoms with Crippen molar-refractivity contribution in [2.75, 3.05) is 6.54 Å². The van der Waals surface area contributed by atoms with E-state index in [4.69, 9.17) is 9.52 Å². The van der Waals surface area contributed by atoms with Gasteiger partial charge < -0.3 is 19.7 Å². The number of hydrogen-bond donors (Lipinski definition) is 2. The van der Waals surface area contributed by atoms with Gasteiger partial charge in [-0.15, -0.1) is 0 Å². The molecular weight excluding hydrogens is 272 g/mol. The second kappa shape index (κ2) is 6.65. The summed E-state index contributed by atoms with van der Waals surface area (Å²) in [4.78, 5) is 24.8. The van der Waals surface area contributed by atoms with Crippen LogP contribution in [0, 0.1) is 5.92 Å². The summed E-state index contributed by atoms with van der Waals surface area (Å²) in [5, 5.41) is 11.6. The SMILES string of the molecule is CC(C)CCN(C(=O)NCc1ccc(C(=O)O)o1)C1CC1. The van der Waals surface area contributed by atoms with E-state index in [1.165, 1.54) is 6.07 Å². The van der Waals surface area contributed by atoms with E-state index in [0.717, 1.165) is 25.8 Å². The maximum atomic E-state index is 12.2. The van der Waals surface area contributed by atoms with Gasteiger partial charge in [0.15, 0.2) is 0 Å². The number of carboxylic acids is 1. The molecule has 1 aromatic rings. The molecule has 0 saturated heterocycles. The molecule has 0 aromatic carbocycles. The Morgan fingerprint density at radius 2 is 2.14 bits per heavy atom. The van der Waals surface area contributed by atoms with E-state index >= 15 is 0 Å². The molecule has 1 fully saturated rings. The average molecular weight is 294 g/mol. The van der Waals surface area contributed by atoms with Crippen molar-refractivity contribution >= 4 is 12.0 Å². The van der Waals surface area contributed by atoms with Gasteiger partial charge in [0.05, 0.1) is 6.54 Å². The summed E-state index contributed by atoms with van der Waals surface area (Å²) in [6, 6.07) is 3.21. The van der Waals surface area contributed by atoms with Crippen LogP contribution >= 0.6 is 0 Å². The number of hydrogen-bond acceptors (Lipinski definition) is 3. The zero-order valence-corrected chi connectivity index (χ0v) is 12.5. The molecule has 1 saturated carbocycles. The third-order valence-electron chi connectivity index (χ3n) is 3.48. The lowest BCUT2D eigenvalue weighted by atomic mass is 10.1. The number of rotatable bonds is 7. The van der Waals surface area contributed by atoms with E-state index in [9.17, 15) is 9.59 Å². The van der Waals surface area contributed by atoms with Gasteiger partial charge in [-0.3, -0.25) is 0 Å². The van der Waals surface area contributed by atoms with E-state index in [0.29, 0.717) is 17.7 Å². The quantitative estimate of drug-likeness (QED) is 0.810. The molecule has 1 aliphatic rings. The molecule has 21 heavy (non-hydrogen) atoms. The molecule has 2 N–H and O–H groups in total. The zero-order valence-electron chi connectivity index (χ0n) is 12.5. The van der Waals surface area contributed by atoms with Gasteiger partial charge in [-0.2, -0.15) is 0 Å². The highest BCUT2D eigenvalue weighted by atomic mass is 16.4. The average Bonchev–Trinajstić information content (AvgIpc) is 3.13. The molecule has 2 rings (SSSR count). The third-order valence-corrected chi connectivity index (χ3v) is 3.48. The second-order valence-corrected chi connectivity index (χ2v) is 5.84. The predicted molar refractivity (Wildman–Crippen MR) is 77.1 cm³/mol. The largest absolute Gasteiger partial charge is 0.475 e. The Kier molecular flexibility index (Phi) is 4.88. The number of aromatic carboxylic acids is 1. The van der Waals surface area contributed by atoms with Crippen molar-refractivity contribution in [1.29, 1.82) is 0 Å². The Hall–Kier alpha value is -1.98. The van der Waals surface area contributed by atoms with Gasteiger partial charge in [0, 0.05) is 12.6 Å². The molecule has 1 heterocycles. The van der Waals surface area contributed by atoms with Crippen LogP contribution in [0.4, 0.5) is 4.79 Å². The predicted octanol–water partition coefficient (Wildman–Crippen LogP) is 2.70. The fraction of sp³-hybridized carbons (Fsp3) is 0.600. The number of amides is 2. The maximum absolute atomic E-state index is 12.2. The molecule has 0 unspecified atom stereocenters. The number of nitrogens with one attached hydrogen (secondary N) is 1. The van der Waals surface area contributed by atoms with Gasteiger partial charge in [0.25, 0.3) is 0 Å². The number of carbonyl (C=O) groups is 2. The van der Waals surface area contributed by atoms with E-state index in [1.54, 1.807) is 6.07 Å². The van der Waals surface area contributed by atoms with Crippen LogP contribution < -0.4 is 5.32 Å². The standard InChI is InChI=1S/C15H22N2O4/c1-10(2)7-8-17(11-3-4-11)15(20)16-9-12-5-6-13(21-12)14(18)19/h5-6,10-11H,3-4,7-9H2,1-2H3,(H,16,20)(H,18,19). The van der Waals surface area contributed by atoms with Crippen LogP contribution in [0.25, 0.3) is 0 Å². The van der Waals surface area contributed by atoms with Gasteiger partial charge in [-0.05, 0) is 37.3 Å². The van der Waals surface area contributed by atoms with E-state index in [2.05, 4.69) is 19.2 Å². The van der Waals surface area contributed by atoms with E-state index < -0.39 is 5.97 Å². The molecule has 0 bridgehead atoms. The van der Waals surface area contributed by atoms with Crippen molar-refractivity contribution in [3.05, 3.63) is 23.7 Å². The first-order chi connectivity index (χ1) is 9.97. The molecule has 1 aliphatic carbocycles. The minimum Gasteiger partial charge on any atom is -0.475 e. The maximum Gasteiger partial charge on any atom is 0.371 e. The van der Waals surface area contributed by atoms with Crippen LogP contribution in [0.15, 0.2) is 16.5 Å². The van der Waals surface area contributed by atoms with Crippen molar-refractivity contribution in [2.24, 2.45) is 5.92 Å². The Bertz CT molecular complexity index is 506. The summed E-state index contributed by atoms with van der Waals surface area (Å²) in [5.74, 6) is -0.218. The molecule has 0 radical (unpaired) electrons. The van der Waals surface area contributed by atoms with Crippen LogP contribution in [0.5, 0.6) is 0 Å². The van der Waals surface area contributed by atoms with Crippen LogP contribution in [0.1, 0.15) is 49.4 Å². The summed E-state index contributed by atoms with van der Waals surface area (Å²) in [7, 11) is 0. The molecular formula is C15H22N2O4. The number of urea groups is 1. The second-order valence-electron chi connectivity index (χ2n) is 5.84. The summed E-state index contributed by atoms with van der Waals surface area (Å²) in [6.07, 6.45) is 3.11. The summed E-state index contributed by atoms with van der Waals surface area (Å²) >= 11 is 0. The Labute approximate surface area is 124 Å². The number of carbonyl (C=O) groups excluding carboxylic acids is 1. The van der Waals surface area contributed by atoms with E-state index in [1.807, 2.05) is 4.90 Å². The number of nitrogens with zero attached hydrogens (tertiary/aromatic N) is 1. The highest BCUT2D eigenvalue weighted by molar-refractivity contribution is 5.84. The van der Waals surface area contributed by atoms with Crippen molar-refractivity contribution in [3.63, 3.8) is 0 Å². The van der Waals surface area contributed by atoms with Crippen molar-refractivity contribution in [2.45, 2.75) is 45.7 Å². The highest BCUT2D eigenvalue weighted by Crippen LogP contribution is 2.27. The Morgan fingerprint density at radius 1 is 1.43 bits per heavy atom. The molecule has 0 aliphatic heterocycles. The fourth-order valence-electron chi connectivity index (χ4n) is 2.09. The van der Waals surface area contributed by atoms with Crippen LogP contribution in [-0.4, -0.2) is 34.6 Å². The van der Waals surface area contributed by atoms with Crippen LogP contribution in [0.2, 0.25) is 0 Å². The Balaban J connectivity index is 1.84. The highest BCUT2D eigenvalue weighted by Gasteiger charge is 2.32. The number of carboxylic acid groups (broad SMARTS) is 1. The zero-order chi connectivity index (χ0) is 15.4. The van der Waals surface area contributed by atoms with Gasteiger partial charge in [-0.1, -0.05) is 13.8 Å². The van der Waals surface area contributed by atoms with Gasteiger partial charge in [0.2, 0.25) is 5.76 Å². The normalized spacial score (nSPS) is 14.2. The van der Waals surface area contributed by atoms with Crippen LogP contribution in [0.3, 0.4) is 0 Å². The molecule has 2 amide bonds. The number of furan rings is 1. The van der Waals surface area contributed by atoms with E-state index in [-0.39, 0.29) is 18.3 Å². The monoisotopic (exact) mass is 294 g/mol. The Morgan fingerprint density at radius 3 is 2.67 bits per heavy atom. The lowest BCUT2D eigenvalue weighted by molar-refractivity contribution is 0.0660. The fourth-order valence-corrected chi connectivity index (χ4v) is 2.09. The summed E-state index contributed by atoms with van der Waals surface area (Å²) in [6.45, 7) is 5.24. The topological polar surface area (TPSA) is 82.8 Å². The summed E-state index contributed by atoms with van der Waals surface area (Å²) < 4.78 is 5.12. The molecule has 1 aromatic heterocycles. The minimum absolute atomic E-state index is 0.105. The van der Waals surface area contributed by atoms with Crippen molar-refractivity contribution in [1.82, 2.24) is 10.2 Å². The van der Waals surface area contributed by atoms with Crippen LogP contribution in [-0.2, 0) is 6.54 Å². The molecule has 0 atom stereocenters. The van der Waals surface area contributed by atoms with Gasteiger partial charge in [-0.25, -0.2) is 9.59 Å². The molecule has 0 spiro atoms. The van der Waals surface area contributed by atoms with Gasteiger partial charge >= 0.3 is 12.0 Å². The smallest absolute Gasteiger partial charge is 0.371 e. The first-order valence-corrected chi connectivity index (χ1v) is 7.34. The third kappa shape index (κ3) is 4.51. The lowest BCUT2D eigenvalue weighted by Gasteiger charge is -2.23. The molecule has 6 nitrogen and oxygen atoms in total. The summed E-state index contributed by atoms with van der Waals surface area (Å²) in [5.41, 5.74) is 0. The molecule has 6 heteroatoms. The van der Waals surface area contributed by atoms with Gasteiger partial charge in [0.1, 0.15) is 5.76 Å².